The number of aromatic nitrogens is 1. The number of hydrogen-bond donors (Lipinski definition) is 1. The van der Waals surface area contributed by atoms with Crippen LogP contribution in [0.3, 0.4) is 0 Å². The van der Waals surface area contributed by atoms with Crippen LogP contribution in [0, 0.1) is 12.7 Å². The molecule has 29 heavy (non-hydrogen) atoms. The second kappa shape index (κ2) is 8.17. The summed E-state index contributed by atoms with van der Waals surface area (Å²) in [6.07, 6.45) is 1.76. The number of halogens is 1. The Balaban J connectivity index is 1.41. The van der Waals surface area contributed by atoms with Crippen molar-refractivity contribution < 1.29 is 9.18 Å². The van der Waals surface area contributed by atoms with Gasteiger partial charge in [0.2, 0.25) is 5.91 Å². The van der Waals surface area contributed by atoms with Crippen LogP contribution in [-0.2, 0) is 4.79 Å². The van der Waals surface area contributed by atoms with Crippen LogP contribution < -0.4 is 10.2 Å². The maximum Gasteiger partial charge on any atom is 0.241 e. The second-order valence-corrected chi connectivity index (χ2v) is 7.55. The normalized spacial score (nSPS) is 16.0. The number of piperazine rings is 1. The lowest BCUT2D eigenvalue weighted by molar-refractivity contribution is -0.120. The van der Waals surface area contributed by atoms with Crippen molar-refractivity contribution in [2.45, 2.75) is 19.9 Å². The SMILES string of the molecule is Cc1ccc(NC(=O)C(C)N2CCN(c3ccnc4ccc(F)cc34)CC2)cc1. The van der Waals surface area contributed by atoms with E-state index in [1.165, 1.54) is 6.07 Å². The summed E-state index contributed by atoms with van der Waals surface area (Å²) >= 11 is 0. The van der Waals surface area contributed by atoms with Gasteiger partial charge in [-0.1, -0.05) is 17.7 Å². The van der Waals surface area contributed by atoms with Crippen molar-refractivity contribution in [3.63, 3.8) is 0 Å². The lowest BCUT2D eigenvalue weighted by atomic mass is 10.1. The van der Waals surface area contributed by atoms with Crippen LogP contribution in [0.25, 0.3) is 10.9 Å². The van der Waals surface area contributed by atoms with Crippen LogP contribution in [-0.4, -0.2) is 48.0 Å². The van der Waals surface area contributed by atoms with Crippen LogP contribution in [0.1, 0.15) is 12.5 Å². The lowest BCUT2D eigenvalue weighted by Crippen LogP contribution is -2.52. The largest absolute Gasteiger partial charge is 0.368 e. The maximum absolute atomic E-state index is 13.7. The number of carbonyl (C=O) groups excluding carboxylic acids is 1. The van der Waals surface area contributed by atoms with Crippen molar-refractivity contribution in [3.8, 4) is 0 Å². The van der Waals surface area contributed by atoms with E-state index in [1.807, 2.05) is 44.2 Å². The van der Waals surface area contributed by atoms with E-state index in [2.05, 4.69) is 20.1 Å². The molecule has 1 unspecified atom stereocenters. The van der Waals surface area contributed by atoms with Crippen LogP contribution in [0.4, 0.5) is 15.8 Å². The standard InChI is InChI=1S/C23H25FN4O/c1-16-3-6-19(7-4-16)26-23(29)17(2)27-11-13-28(14-12-27)22-9-10-25-21-8-5-18(24)15-20(21)22/h3-10,15,17H,11-14H2,1-2H3,(H,26,29). The predicted molar refractivity (Wildman–Crippen MR) is 115 cm³/mol. The van der Waals surface area contributed by atoms with E-state index in [9.17, 15) is 9.18 Å². The van der Waals surface area contributed by atoms with Crippen LogP contribution in [0.15, 0.2) is 54.7 Å². The molecule has 1 aliphatic heterocycles. The number of nitrogens with zero attached hydrogens (tertiary/aromatic N) is 3. The third-order valence-corrected chi connectivity index (χ3v) is 5.58. The number of rotatable bonds is 4. The molecule has 1 fully saturated rings. The summed E-state index contributed by atoms with van der Waals surface area (Å²) in [7, 11) is 0. The Morgan fingerprint density at radius 2 is 1.79 bits per heavy atom. The van der Waals surface area contributed by atoms with E-state index in [1.54, 1.807) is 18.3 Å². The molecule has 1 aromatic heterocycles. The van der Waals surface area contributed by atoms with Crippen LogP contribution in [0.5, 0.6) is 0 Å². The second-order valence-electron chi connectivity index (χ2n) is 7.55. The first-order valence-electron chi connectivity index (χ1n) is 9.92. The van der Waals surface area contributed by atoms with Crippen LogP contribution in [0.2, 0.25) is 0 Å². The Bertz CT molecular complexity index is 1010. The fraction of sp³-hybridized carbons (Fsp3) is 0.304. The lowest BCUT2D eigenvalue weighted by Gasteiger charge is -2.38. The average molecular weight is 392 g/mol. The van der Waals surface area contributed by atoms with Gasteiger partial charge in [0.15, 0.2) is 0 Å². The highest BCUT2D eigenvalue weighted by Gasteiger charge is 2.26. The summed E-state index contributed by atoms with van der Waals surface area (Å²) in [5.41, 5.74) is 3.76. The number of benzene rings is 2. The first-order chi connectivity index (χ1) is 14.0. The molecule has 1 atom stereocenters. The molecular formula is C23H25FN4O. The Morgan fingerprint density at radius 1 is 1.07 bits per heavy atom. The Hall–Kier alpha value is -2.99. The molecule has 6 heteroatoms. The van der Waals surface area contributed by atoms with Gasteiger partial charge in [-0.25, -0.2) is 4.39 Å². The monoisotopic (exact) mass is 392 g/mol. The predicted octanol–water partition coefficient (Wildman–Crippen LogP) is 3.83. The molecule has 1 aliphatic rings. The zero-order valence-electron chi connectivity index (χ0n) is 16.7. The molecule has 5 nitrogen and oxygen atoms in total. The van der Waals surface area contributed by atoms with E-state index in [-0.39, 0.29) is 17.8 Å². The third-order valence-electron chi connectivity index (χ3n) is 5.58. The van der Waals surface area contributed by atoms with Gasteiger partial charge in [-0.3, -0.25) is 14.7 Å². The van der Waals surface area contributed by atoms with Gasteiger partial charge in [-0.2, -0.15) is 0 Å². The van der Waals surface area contributed by atoms with Gasteiger partial charge in [-0.05, 0) is 50.2 Å². The van der Waals surface area contributed by atoms with E-state index < -0.39 is 0 Å². The first-order valence-corrected chi connectivity index (χ1v) is 9.92. The van der Waals surface area contributed by atoms with Gasteiger partial charge in [0.25, 0.3) is 0 Å². The number of carbonyl (C=O) groups is 1. The van der Waals surface area contributed by atoms with E-state index in [4.69, 9.17) is 0 Å². The molecule has 1 saturated heterocycles. The number of pyridine rings is 1. The van der Waals surface area contributed by atoms with Gasteiger partial charge in [0.05, 0.1) is 11.6 Å². The van der Waals surface area contributed by atoms with Gasteiger partial charge in [-0.15, -0.1) is 0 Å². The fourth-order valence-corrected chi connectivity index (χ4v) is 3.78. The molecule has 4 rings (SSSR count). The number of anilines is 2. The molecule has 0 radical (unpaired) electrons. The Labute approximate surface area is 170 Å². The fourth-order valence-electron chi connectivity index (χ4n) is 3.78. The van der Waals surface area contributed by atoms with E-state index in [0.29, 0.717) is 0 Å². The van der Waals surface area contributed by atoms with Gasteiger partial charge >= 0.3 is 0 Å². The maximum atomic E-state index is 13.7. The van der Waals surface area contributed by atoms with Crippen molar-refractivity contribution >= 4 is 28.2 Å². The van der Waals surface area contributed by atoms with Gasteiger partial charge in [0, 0.05) is 49.1 Å². The summed E-state index contributed by atoms with van der Waals surface area (Å²) in [4.78, 5) is 21.4. The molecule has 0 bridgehead atoms. The molecule has 3 aromatic rings. The summed E-state index contributed by atoms with van der Waals surface area (Å²) < 4.78 is 13.7. The topological polar surface area (TPSA) is 48.5 Å². The van der Waals surface area contributed by atoms with Crippen LogP contribution >= 0.6 is 0 Å². The van der Waals surface area contributed by atoms with Crippen molar-refractivity contribution in [2.24, 2.45) is 0 Å². The summed E-state index contributed by atoms with van der Waals surface area (Å²) in [5.74, 6) is -0.259. The van der Waals surface area contributed by atoms with Crippen molar-refractivity contribution in [2.75, 3.05) is 36.4 Å². The highest BCUT2D eigenvalue weighted by molar-refractivity contribution is 5.94. The molecule has 1 amide bonds. The first kappa shape index (κ1) is 19.3. The third kappa shape index (κ3) is 4.22. The quantitative estimate of drug-likeness (QED) is 0.733. The van der Waals surface area contributed by atoms with Crippen molar-refractivity contribution in [1.29, 1.82) is 0 Å². The summed E-state index contributed by atoms with van der Waals surface area (Å²) in [6, 6.07) is 14.2. The molecule has 2 heterocycles. The molecule has 0 spiro atoms. The minimum Gasteiger partial charge on any atom is -0.368 e. The average Bonchev–Trinajstić information content (AvgIpc) is 2.74. The highest BCUT2D eigenvalue weighted by atomic mass is 19.1. The highest BCUT2D eigenvalue weighted by Crippen LogP contribution is 2.27. The van der Waals surface area contributed by atoms with Gasteiger partial charge < -0.3 is 10.2 Å². The minimum absolute atomic E-state index is 0.00117. The van der Waals surface area contributed by atoms with Crippen molar-refractivity contribution in [3.05, 3.63) is 66.1 Å². The van der Waals surface area contributed by atoms with Gasteiger partial charge in [0.1, 0.15) is 5.82 Å². The molecular weight excluding hydrogens is 367 g/mol. The summed E-state index contributed by atoms with van der Waals surface area (Å²) in [6.45, 7) is 7.04. The number of nitrogens with one attached hydrogen (secondary N) is 1. The Kier molecular flexibility index (Phi) is 5.45. The minimum atomic E-state index is -0.258. The molecule has 0 aliphatic carbocycles. The molecule has 2 aromatic carbocycles. The number of amides is 1. The van der Waals surface area contributed by atoms with E-state index >= 15 is 0 Å². The van der Waals surface area contributed by atoms with E-state index in [0.717, 1.165) is 54.0 Å². The zero-order chi connectivity index (χ0) is 20.4. The number of aryl methyl sites for hydroxylation is 1. The molecule has 0 saturated carbocycles. The zero-order valence-corrected chi connectivity index (χ0v) is 16.7. The molecule has 150 valence electrons. The number of hydrogen-bond acceptors (Lipinski definition) is 4. The Morgan fingerprint density at radius 3 is 2.52 bits per heavy atom. The van der Waals surface area contributed by atoms with Crippen molar-refractivity contribution in [1.82, 2.24) is 9.88 Å². The number of fused-ring (bicyclic) bond motifs is 1. The smallest absolute Gasteiger partial charge is 0.241 e. The summed E-state index contributed by atoms with van der Waals surface area (Å²) in [5, 5.41) is 3.82. The molecule has 1 N–H and O–H groups in total.